The second-order valence-electron chi connectivity index (χ2n) is 7.43. The number of hydrogen-bond acceptors (Lipinski definition) is 8. The molecule has 164 valence electrons. The quantitative estimate of drug-likeness (QED) is 0.614. The summed E-state index contributed by atoms with van der Waals surface area (Å²) in [6, 6.07) is 5.59. The summed E-state index contributed by atoms with van der Waals surface area (Å²) in [7, 11) is 3.13. The Balaban J connectivity index is 1.58. The van der Waals surface area contributed by atoms with Gasteiger partial charge < -0.3 is 24.0 Å². The Labute approximate surface area is 180 Å². The molecule has 31 heavy (non-hydrogen) atoms. The van der Waals surface area contributed by atoms with E-state index in [2.05, 4.69) is 15.0 Å². The highest BCUT2D eigenvalue weighted by Gasteiger charge is 2.24. The Morgan fingerprint density at radius 3 is 2.45 bits per heavy atom. The molecular formula is C21H26N6O4. The van der Waals surface area contributed by atoms with Crippen molar-refractivity contribution in [3.05, 3.63) is 30.6 Å². The first-order valence-corrected chi connectivity index (χ1v) is 10.1. The maximum atomic E-state index is 12.1. The molecule has 4 heterocycles. The number of carbonyl (C=O) groups is 1. The third-order valence-electron chi connectivity index (χ3n) is 5.08. The zero-order chi connectivity index (χ0) is 22.0. The molecule has 0 radical (unpaired) electrons. The van der Waals surface area contributed by atoms with Crippen molar-refractivity contribution in [3.63, 3.8) is 0 Å². The van der Waals surface area contributed by atoms with Gasteiger partial charge in [0.2, 0.25) is 11.8 Å². The molecule has 10 nitrogen and oxygen atoms in total. The lowest BCUT2D eigenvalue weighted by Gasteiger charge is -2.35. The van der Waals surface area contributed by atoms with Crippen LogP contribution < -0.4 is 14.4 Å². The van der Waals surface area contributed by atoms with E-state index in [1.165, 1.54) is 0 Å². The zero-order valence-electron chi connectivity index (χ0n) is 18.1. The fourth-order valence-electron chi connectivity index (χ4n) is 3.52. The maximum Gasteiger partial charge on any atom is 0.410 e. The first-order chi connectivity index (χ1) is 15.0. The second kappa shape index (κ2) is 8.66. The van der Waals surface area contributed by atoms with E-state index in [4.69, 9.17) is 19.2 Å². The van der Waals surface area contributed by atoms with Gasteiger partial charge in [-0.25, -0.2) is 14.3 Å². The zero-order valence-corrected chi connectivity index (χ0v) is 18.1. The number of piperazine rings is 1. The second-order valence-corrected chi connectivity index (χ2v) is 7.43. The number of pyridine rings is 1. The van der Waals surface area contributed by atoms with Crippen LogP contribution in [0, 0.1) is 0 Å². The summed E-state index contributed by atoms with van der Waals surface area (Å²) in [5, 5.41) is 4.41. The lowest BCUT2D eigenvalue weighted by atomic mass is 10.1. The third-order valence-corrected chi connectivity index (χ3v) is 5.08. The molecule has 0 saturated carbocycles. The largest absolute Gasteiger partial charge is 0.481 e. The highest BCUT2D eigenvalue weighted by atomic mass is 16.6. The van der Waals surface area contributed by atoms with Crippen molar-refractivity contribution in [2.24, 2.45) is 0 Å². The molecule has 0 aromatic carbocycles. The lowest BCUT2D eigenvalue weighted by molar-refractivity contribution is 0.0751. The molecule has 0 aliphatic carbocycles. The molecule has 4 rings (SSSR count). The van der Waals surface area contributed by atoms with Gasteiger partial charge in [-0.1, -0.05) is 0 Å². The van der Waals surface area contributed by atoms with Crippen molar-refractivity contribution in [2.75, 3.05) is 45.3 Å². The number of fused-ring (bicyclic) bond motifs is 1. The highest BCUT2D eigenvalue weighted by molar-refractivity contribution is 5.81. The molecular weight excluding hydrogens is 400 g/mol. The minimum absolute atomic E-state index is 0.126. The number of methoxy groups -OCH3 is 2. The number of amides is 1. The molecule has 0 bridgehead atoms. The molecule has 0 atom stereocenters. The number of anilines is 1. The van der Waals surface area contributed by atoms with E-state index in [-0.39, 0.29) is 12.2 Å². The molecule has 3 aromatic rings. The van der Waals surface area contributed by atoms with Gasteiger partial charge in [0.15, 0.2) is 5.65 Å². The van der Waals surface area contributed by atoms with Crippen molar-refractivity contribution in [1.29, 1.82) is 0 Å². The van der Waals surface area contributed by atoms with Crippen molar-refractivity contribution < 1.29 is 19.0 Å². The minimum atomic E-state index is -0.268. The van der Waals surface area contributed by atoms with Gasteiger partial charge in [-0.3, -0.25) is 0 Å². The summed E-state index contributed by atoms with van der Waals surface area (Å²) < 4.78 is 17.7. The topological polar surface area (TPSA) is 94.3 Å². The van der Waals surface area contributed by atoms with Crippen molar-refractivity contribution in [3.8, 4) is 22.9 Å². The van der Waals surface area contributed by atoms with Crippen LogP contribution in [0.3, 0.4) is 0 Å². The number of rotatable bonds is 5. The maximum absolute atomic E-state index is 12.1. The fourth-order valence-corrected chi connectivity index (χ4v) is 3.52. The molecule has 1 saturated heterocycles. The summed E-state index contributed by atoms with van der Waals surface area (Å²) in [5.41, 5.74) is 2.29. The van der Waals surface area contributed by atoms with Crippen LogP contribution >= 0.6 is 0 Å². The normalized spacial score (nSPS) is 14.2. The monoisotopic (exact) mass is 426 g/mol. The van der Waals surface area contributed by atoms with Gasteiger partial charge in [-0.15, -0.1) is 0 Å². The van der Waals surface area contributed by atoms with Crippen LogP contribution in [-0.2, 0) is 4.74 Å². The predicted octanol–water partition coefficient (Wildman–Crippen LogP) is 2.48. The van der Waals surface area contributed by atoms with Gasteiger partial charge in [0.1, 0.15) is 5.82 Å². The average molecular weight is 426 g/mol. The molecule has 1 aliphatic heterocycles. The number of nitrogens with zero attached hydrogens (tertiary/aromatic N) is 6. The molecule has 3 aromatic heterocycles. The van der Waals surface area contributed by atoms with E-state index in [0.29, 0.717) is 43.6 Å². The first-order valence-electron chi connectivity index (χ1n) is 10.1. The van der Waals surface area contributed by atoms with E-state index < -0.39 is 0 Å². The molecule has 0 spiro atoms. The Morgan fingerprint density at radius 2 is 1.77 bits per heavy atom. The van der Waals surface area contributed by atoms with E-state index in [9.17, 15) is 4.79 Å². The molecule has 0 unspecified atom stereocenters. The van der Waals surface area contributed by atoms with Gasteiger partial charge in [0, 0.05) is 44.0 Å². The van der Waals surface area contributed by atoms with Crippen molar-refractivity contribution >= 4 is 17.6 Å². The molecule has 10 heteroatoms. The van der Waals surface area contributed by atoms with Crippen LogP contribution in [0.25, 0.3) is 16.8 Å². The van der Waals surface area contributed by atoms with E-state index in [1.54, 1.807) is 35.9 Å². The Bertz CT molecular complexity index is 1070. The van der Waals surface area contributed by atoms with Crippen molar-refractivity contribution in [1.82, 2.24) is 24.5 Å². The SMILES string of the molecule is COc1ccc(-c2cnn3ccc(N4CCN(C(=O)OC(C)C)CC4)nc23)c(OC)n1. The summed E-state index contributed by atoms with van der Waals surface area (Å²) in [6.07, 6.45) is 3.23. The highest BCUT2D eigenvalue weighted by Crippen LogP contribution is 2.33. The number of carbonyl (C=O) groups excluding carboxylic acids is 1. The van der Waals surface area contributed by atoms with Crippen LogP contribution in [0.4, 0.5) is 10.6 Å². The van der Waals surface area contributed by atoms with Gasteiger partial charge in [-0.2, -0.15) is 10.1 Å². The summed E-state index contributed by atoms with van der Waals surface area (Å²) in [4.78, 5) is 25.2. The lowest BCUT2D eigenvalue weighted by Crippen LogP contribution is -2.49. The average Bonchev–Trinajstić information content (AvgIpc) is 3.21. The van der Waals surface area contributed by atoms with Gasteiger partial charge in [0.25, 0.3) is 0 Å². The third kappa shape index (κ3) is 4.18. The number of aromatic nitrogens is 4. The fraction of sp³-hybridized carbons (Fsp3) is 0.429. The van der Waals surface area contributed by atoms with E-state index in [0.717, 1.165) is 16.9 Å². The number of ether oxygens (including phenoxy) is 3. The van der Waals surface area contributed by atoms with Crippen LogP contribution in [-0.4, -0.2) is 77.1 Å². The van der Waals surface area contributed by atoms with Gasteiger partial charge in [0.05, 0.1) is 32.1 Å². The Morgan fingerprint density at radius 1 is 1.00 bits per heavy atom. The van der Waals surface area contributed by atoms with Gasteiger partial charge in [-0.05, 0) is 26.0 Å². The summed E-state index contributed by atoms with van der Waals surface area (Å²) in [6.45, 7) is 6.22. The first kappa shape index (κ1) is 20.7. The van der Waals surface area contributed by atoms with Gasteiger partial charge >= 0.3 is 6.09 Å². The van der Waals surface area contributed by atoms with E-state index in [1.807, 2.05) is 32.2 Å². The van der Waals surface area contributed by atoms with Crippen LogP contribution in [0.2, 0.25) is 0 Å². The summed E-state index contributed by atoms with van der Waals surface area (Å²) >= 11 is 0. The summed E-state index contributed by atoms with van der Waals surface area (Å²) in [5.74, 6) is 1.74. The van der Waals surface area contributed by atoms with Crippen molar-refractivity contribution in [2.45, 2.75) is 20.0 Å². The molecule has 0 N–H and O–H groups in total. The predicted molar refractivity (Wildman–Crippen MR) is 115 cm³/mol. The van der Waals surface area contributed by atoms with Crippen LogP contribution in [0.5, 0.6) is 11.8 Å². The molecule has 1 amide bonds. The Kier molecular flexibility index (Phi) is 5.79. The van der Waals surface area contributed by atoms with E-state index >= 15 is 0 Å². The van der Waals surface area contributed by atoms with Crippen LogP contribution in [0.15, 0.2) is 30.6 Å². The molecule has 1 aliphatic rings. The number of hydrogen-bond donors (Lipinski definition) is 0. The van der Waals surface area contributed by atoms with Crippen LogP contribution in [0.1, 0.15) is 13.8 Å². The molecule has 1 fully saturated rings. The smallest absolute Gasteiger partial charge is 0.410 e. The Hall–Kier alpha value is -3.56. The standard InChI is InChI=1S/C21H26N6O4/c1-14(2)31-21(28)26-11-9-25(10-12-26)17-7-8-27-19(23-17)16(13-22-27)15-5-6-18(29-3)24-20(15)30-4/h5-8,13-14H,9-12H2,1-4H3. The minimum Gasteiger partial charge on any atom is -0.481 e.